The van der Waals surface area contributed by atoms with E-state index in [1.165, 1.54) is 24.0 Å². The first-order chi connectivity index (χ1) is 7.25. The predicted octanol–water partition coefficient (Wildman–Crippen LogP) is 3.14. The van der Waals surface area contributed by atoms with E-state index in [0.29, 0.717) is 5.25 Å². The first kappa shape index (κ1) is 11.0. The third-order valence-electron chi connectivity index (χ3n) is 2.96. The van der Waals surface area contributed by atoms with Gasteiger partial charge in [0.1, 0.15) is 0 Å². The molecule has 1 aromatic rings. The second-order valence-corrected chi connectivity index (χ2v) is 5.56. The van der Waals surface area contributed by atoms with E-state index < -0.39 is 0 Å². The van der Waals surface area contributed by atoms with Crippen molar-refractivity contribution in [2.24, 2.45) is 0 Å². The van der Waals surface area contributed by atoms with Crippen molar-refractivity contribution in [3.63, 3.8) is 0 Å². The molecule has 1 saturated carbocycles. The molecule has 1 N–H and O–H groups in total. The molecule has 2 atom stereocenters. The van der Waals surface area contributed by atoms with Crippen molar-refractivity contribution >= 4 is 11.8 Å². The predicted molar refractivity (Wildman–Crippen MR) is 66.1 cm³/mol. The van der Waals surface area contributed by atoms with E-state index >= 15 is 0 Å². The van der Waals surface area contributed by atoms with Crippen LogP contribution in [0.25, 0.3) is 0 Å². The average Bonchev–Trinajstić information content (AvgIpc) is 2.61. The van der Waals surface area contributed by atoms with Crippen LogP contribution in [-0.2, 0) is 5.75 Å². The number of aliphatic hydroxyl groups excluding tert-OH is 1. The summed E-state index contributed by atoms with van der Waals surface area (Å²) in [6.45, 7) is 2.12. The summed E-state index contributed by atoms with van der Waals surface area (Å²) in [6, 6.07) is 8.63. The van der Waals surface area contributed by atoms with Crippen LogP contribution in [-0.4, -0.2) is 16.5 Å². The Morgan fingerprint density at radius 1 is 1.40 bits per heavy atom. The minimum atomic E-state index is -0.0696. The van der Waals surface area contributed by atoms with Gasteiger partial charge in [0, 0.05) is 11.0 Å². The van der Waals surface area contributed by atoms with Crippen molar-refractivity contribution in [2.75, 3.05) is 0 Å². The number of hydrogen-bond acceptors (Lipinski definition) is 2. The van der Waals surface area contributed by atoms with Crippen LogP contribution in [0.2, 0.25) is 0 Å². The SMILES string of the molecule is Cc1cccc(CS[C@H]2CCC[C@@H]2O)c1. The van der Waals surface area contributed by atoms with Crippen LogP contribution in [0.5, 0.6) is 0 Å². The molecule has 0 unspecified atom stereocenters. The number of aryl methyl sites for hydroxylation is 1. The fourth-order valence-electron chi connectivity index (χ4n) is 2.11. The molecule has 2 heteroatoms. The third kappa shape index (κ3) is 2.99. The summed E-state index contributed by atoms with van der Waals surface area (Å²) in [5.74, 6) is 1.03. The molecule has 1 aliphatic carbocycles. The van der Waals surface area contributed by atoms with E-state index in [4.69, 9.17) is 0 Å². The second-order valence-electron chi connectivity index (χ2n) is 4.34. The van der Waals surface area contributed by atoms with Crippen molar-refractivity contribution < 1.29 is 5.11 Å². The molecular weight excluding hydrogens is 204 g/mol. The lowest BCUT2D eigenvalue weighted by molar-refractivity contribution is 0.188. The van der Waals surface area contributed by atoms with Crippen molar-refractivity contribution in [3.05, 3.63) is 35.4 Å². The first-order valence-electron chi connectivity index (χ1n) is 5.61. The Kier molecular flexibility index (Phi) is 3.71. The molecule has 0 heterocycles. The zero-order valence-electron chi connectivity index (χ0n) is 9.15. The van der Waals surface area contributed by atoms with Gasteiger partial charge in [0.2, 0.25) is 0 Å². The lowest BCUT2D eigenvalue weighted by Gasteiger charge is -2.13. The molecule has 0 amide bonds. The van der Waals surface area contributed by atoms with Gasteiger partial charge in [0.05, 0.1) is 6.10 Å². The van der Waals surface area contributed by atoms with Gasteiger partial charge in [-0.15, -0.1) is 0 Å². The normalized spacial score (nSPS) is 25.7. The van der Waals surface area contributed by atoms with E-state index in [1.54, 1.807) is 0 Å². The number of thioether (sulfide) groups is 1. The maximum Gasteiger partial charge on any atom is 0.0658 e. The van der Waals surface area contributed by atoms with E-state index in [9.17, 15) is 5.11 Å². The van der Waals surface area contributed by atoms with Gasteiger partial charge in [-0.1, -0.05) is 29.8 Å². The topological polar surface area (TPSA) is 20.2 Å². The highest BCUT2D eigenvalue weighted by Gasteiger charge is 2.25. The molecule has 0 aromatic heterocycles. The molecule has 1 nitrogen and oxygen atoms in total. The Morgan fingerprint density at radius 2 is 2.27 bits per heavy atom. The second kappa shape index (κ2) is 5.04. The van der Waals surface area contributed by atoms with E-state index in [0.717, 1.165) is 12.2 Å². The third-order valence-corrected chi connectivity index (χ3v) is 4.44. The van der Waals surface area contributed by atoms with Crippen LogP contribution in [0.1, 0.15) is 30.4 Å². The highest BCUT2D eigenvalue weighted by atomic mass is 32.2. The lowest BCUT2D eigenvalue weighted by atomic mass is 10.2. The van der Waals surface area contributed by atoms with Crippen LogP contribution < -0.4 is 0 Å². The van der Waals surface area contributed by atoms with Crippen LogP contribution in [0.4, 0.5) is 0 Å². The zero-order valence-corrected chi connectivity index (χ0v) is 9.96. The minimum Gasteiger partial charge on any atom is -0.392 e. The molecule has 0 saturated heterocycles. The summed E-state index contributed by atoms with van der Waals surface area (Å²) in [6.07, 6.45) is 3.29. The fourth-order valence-corrected chi connectivity index (χ4v) is 3.38. The van der Waals surface area contributed by atoms with E-state index in [2.05, 4.69) is 31.2 Å². The minimum absolute atomic E-state index is 0.0696. The summed E-state index contributed by atoms with van der Waals surface area (Å²) in [7, 11) is 0. The average molecular weight is 222 g/mol. The zero-order chi connectivity index (χ0) is 10.7. The maximum atomic E-state index is 9.70. The quantitative estimate of drug-likeness (QED) is 0.848. The number of aliphatic hydroxyl groups is 1. The summed E-state index contributed by atoms with van der Waals surface area (Å²) in [4.78, 5) is 0. The largest absolute Gasteiger partial charge is 0.392 e. The Balaban J connectivity index is 1.87. The molecular formula is C13H18OS. The van der Waals surface area contributed by atoms with Gasteiger partial charge in [-0.25, -0.2) is 0 Å². The highest BCUT2D eigenvalue weighted by Crippen LogP contribution is 2.32. The molecule has 1 fully saturated rings. The van der Waals surface area contributed by atoms with Crippen LogP contribution >= 0.6 is 11.8 Å². The molecule has 0 aliphatic heterocycles. The van der Waals surface area contributed by atoms with Crippen LogP contribution in [0, 0.1) is 6.92 Å². The molecule has 0 radical (unpaired) electrons. The monoisotopic (exact) mass is 222 g/mol. The Hall–Kier alpha value is -0.470. The molecule has 1 aromatic carbocycles. The maximum absolute atomic E-state index is 9.70. The summed E-state index contributed by atoms with van der Waals surface area (Å²) in [5, 5.41) is 10.2. The van der Waals surface area contributed by atoms with Crippen molar-refractivity contribution in [1.29, 1.82) is 0 Å². The molecule has 2 rings (SSSR count). The molecule has 1 aliphatic rings. The van der Waals surface area contributed by atoms with Crippen molar-refractivity contribution in [3.8, 4) is 0 Å². The summed E-state index contributed by atoms with van der Waals surface area (Å²) < 4.78 is 0. The Labute approximate surface area is 95.9 Å². The van der Waals surface area contributed by atoms with Gasteiger partial charge in [0.15, 0.2) is 0 Å². The number of benzene rings is 1. The van der Waals surface area contributed by atoms with E-state index in [-0.39, 0.29) is 6.10 Å². The highest BCUT2D eigenvalue weighted by molar-refractivity contribution is 7.99. The van der Waals surface area contributed by atoms with Crippen LogP contribution in [0.15, 0.2) is 24.3 Å². The van der Waals surface area contributed by atoms with Gasteiger partial charge < -0.3 is 5.11 Å². The fraction of sp³-hybridized carbons (Fsp3) is 0.538. The molecule has 0 spiro atoms. The molecule has 15 heavy (non-hydrogen) atoms. The summed E-state index contributed by atoms with van der Waals surface area (Å²) in [5.41, 5.74) is 2.69. The first-order valence-corrected chi connectivity index (χ1v) is 6.66. The number of hydrogen-bond donors (Lipinski definition) is 1. The van der Waals surface area contributed by atoms with Crippen molar-refractivity contribution in [2.45, 2.75) is 43.3 Å². The van der Waals surface area contributed by atoms with Gasteiger partial charge in [-0.2, -0.15) is 11.8 Å². The Morgan fingerprint density at radius 3 is 2.93 bits per heavy atom. The Bertz CT molecular complexity index is 324. The van der Waals surface area contributed by atoms with Crippen LogP contribution in [0.3, 0.4) is 0 Å². The van der Waals surface area contributed by atoms with Gasteiger partial charge in [-0.05, 0) is 31.7 Å². The van der Waals surface area contributed by atoms with E-state index in [1.807, 2.05) is 11.8 Å². The van der Waals surface area contributed by atoms with Gasteiger partial charge in [0.25, 0.3) is 0 Å². The van der Waals surface area contributed by atoms with Gasteiger partial charge >= 0.3 is 0 Å². The number of rotatable bonds is 3. The summed E-state index contributed by atoms with van der Waals surface area (Å²) >= 11 is 1.90. The van der Waals surface area contributed by atoms with Crippen molar-refractivity contribution in [1.82, 2.24) is 0 Å². The molecule has 0 bridgehead atoms. The molecule has 82 valence electrons. The van der Waals surface area contributed by atoms with Gasteiger partial charge in [-0.3, -0.25) is 0 Å². The lowest BCUT2D eigenvalue weighted by Crippen LogP contribution is -2.15. The standard InChI is InChI=1S/C13H18OS/c1-10-4-2-5-11(8-10)9-15-13-7-3-6-12(13)14/h2,4-5,8,12-14H,3,6-7,9H2,1H3/t12-,13-/m0/s1. The smallest absolute Gasteiger partial charge is 0.0658 e.